The standard InChI is InChI=1S/C23H20O6/c1-26-19-9-3-16(4-10-19)15-28-22(24)17-7-13-21(14-8-17)29-23(25)18-5-11-20(27-2)12-6-18/h3-14H,15H2,1-2H3. The Bertz CT molecular complexity index is 960. The lowest BCUT2D eigenvalue weighted by molar-refractivity contribution is 0.0472. The van der Waals surface area contributed by atoms with Gasteiger partial charge >= 0.3 is 11.9 Å². The van der Waals surface area contributed by atoms with E-state index in [4.69, 9.17) is 18.9 Å². The van der Waals surface area contributed by atoms with E-state index in [1.807, 2.05) is 12.1 Å². The summed E-state index contributed by atoms with van der Waals surface area (Å²) in [6.07, 6.45) is 0. The van der Waals surface area contributed by atoms with Crippen LogP contribution in [0.15, 0.2) is 72.8 Å². The van der Waals surface area contributed by atoms with Crippen LogP contribution in [-0.4, -0.2) is 26.2 Å². The molecule has 6 heteroatoms. The first-order chi connectivity index (χ1) is 14.1. The summed E-state index contributed by atoms with van der Waals surface area (Å²) in [5, 5.41) is 0. The summed E-state index contributed by atoms with van der Waals surface area (Å²) in [5.74, 6) is 0.757. The molecule has 0 aromatic heterocycles. The van der Waals surface area contributed by atoms with Gasteiger partial charge in [-0.1, -0.05) is 12.1 Å². The second-order valence-corrected chi connectivity index (χ2v) is 6.07. The Labute approximate surface area is 168 Å². The molecule has 0 heterocycles. The minimum atomic E-state index is -0.498. The molecule has 0 aliphatic heterocycles. The number of rotatable bonds is 7. The fourth-order valence-electron chi connectivity index (χ4n) is 2.51. The van der Waals surface area contributed by atoms with Crippen molar-refractivity contribution in [3.63, 3.8) is 0 Å². The number of hydrogen-bond acceptors (Lipinski definition) is 6. The van der Waals surface area contributed by atoms with Gasteiger partial charge in [0.25, 0.3) is 0 Å². The Morgan fingerprint density at radius 2 is 1.07 bits per heavy atom. The summed E-state index contributed by atoms with van der Waals surface area (Å²) in [5.41, 5.74) is 1.61. The first-order valence-electron chi connectivity index (χ1n) is 8.85. The summed E-state index contributed by atoms with van der Waals surface area (Å²) in [6.45, 7) is 0.150. The van der Waals surface area contributed by atoms with Gasteiger partial charge in [-0.05, 0) is 66.2 Å². The lowest BCUT2D eigenvalue weighted by Gasteiger charge is -2.08. The zero-order chi connectivity index (χ0) is 20.6. The van der Waals surface area contributed by atoms with Crippen molar-refractivity contribution in [2.24, 2.45) is 0 Å². The summed E-state index contributed by atoms with van der Waals surface area (Å²) < 4.78 is 20.8. The average molecular weight is 392 g/mol. The third-order valence-electron chi connectivity index (χ3n) is 4.16. The van der Waals surface area contributed by atoms with Crippen LogP contribution >= 0.6 is 0 Å². The zero-order valence-electron chi connectivity index (χ0n) is 16.1. The summed E-state index contributed by atoms with van der Waals surface area (Å²) in [6, 6.07) is 20.0. The number of ether oxygens (including phenoxy) is 4. The topological polar surface area (TPSA) is 71.1 Å². The van der Waals surface area contributed by atoms with Crippen LogP contribution in [0.25, 0.3) is 0 Å². The Morgan fingerprint density at radius 1 is 0.621 bits per heavy atom. The highest BCUT2D eigenvalue weighted by Crippen LogP contribution is 2.18. The average Bonchev–Trinajstić information content (AvgIpc) is 2.78. The van der Waals surface area contributed by atoms with Crippen LogP contribution in [0.2, 0.25) is 0 Å². The van der Waals surface area contributed by atoms with Gasteiger partial charge in [0.2, 0.25) is 0 Å². The molecule has 29 heavy (non-hydrogen) atoms. The monoisotopic (exact) mass is 392 g/mol. The van der Waals surface area contributed by atoms with Crippen molar-refractivity contribution >= 4 is 11.9 Å². The third kappa shape index (κ3) is 5.35. The Kier molecular flexibility index (Phi) is 6.47. The maximum absolute atomic E-state index is 12.2. The van der Waals surface area contributed by atoms with Crippen molar-refractivity contribution in [3.8, 4) is 17.2 Å². The summed E-state index contributed by atoms with van der Waals surface area (Å²) in [7, 11) is 3.14. The maximum Gasteiger partial charge on any atom is 0.343 e. The Morgan fingerprint density at radius 3 is 1.59 bits per heavy atom. The van der Waals surface area contributed by atoms with Crippen molar-refractivity contribution in [2.75, 3.05) is 14.2 Å². The predicted octanol–water partition coefficient (Wildman–Crippen LogP) is 4.28. The largest absolute Gasteiger partial charge is 0.497 e. The van der Waals surface area contributed by atoms with Gasteiger partial charge in [-0.3, -0.25) is 0 Å². The molecule has 148 valence electrons. The van der Waals surface area contributed by atoms with Crippen molar-refractivity contribution in [1.82, 2.24) is 0 Å². The molecule has 0 spiro atoms. The molecule has 0 radical (unpaired) electrons. The second-order valence-electron chi connectivity index (χ2n) is 6.07. The van der Waals surface area contributed by atoms with Gasteiger partial charge in [-0.25, -0.2) is 9.59 Å². The normalized spacial score (nSPS) is 10.1. The van der Waals surface area contributed by atoms with Crippen LogP contribution in [0.5, 0.6) is 17.2 Å². The van der Waals surface area contributed by atoms with E-state index in [1.54, 1.807) is 74.9 Å². The first kappa shape index (κ1) is 19.9. The van der Waals surface area contributed by atoms with Gasteiger partial charge in [-0.15, -0.1) is 0 Å². The van der Waals surface area contributed by atoms with Crippen molar-refractivity contribution in [2.45, 2.75) is 6.61 Å². The molecule has 0 saturated heterocycles. The van der Waals surface area contributed by atoms with E-state index in [2.05, 4.69) is 0 Å². The molecule has 3 aromatic carbocycles. The summed E-state index contributed by atoms with van der Waals surface area (Å²) in [4.78, 5) is 24.4. The lowest BCUT2D eigenvalue weighted by atomic mass is 10.2. The number of carbonyl (C=O) groups excluding carboxylic acids is 2. The van der Waals surface area contributed by atoms with Crippen LogP contribution in [0, 0.1) is 0 Å². The second kappa shape index (κ2) is 9.41. The predicted molar refractivity (Wildman–Crippen MR) is 107 cm³/mol. The molecule has 0 fully saturated rings. The third-order valence-corrected chi connectivity index (χ3v) is 4.16. The van der Waals surface area contributed by atoms with E-state index < -0.39 is 11.9 Å². The minimum absolute atomic E-state index is 0.150. The van der Waals surface area contributed by atoms with Crippen LogP contribution in [0.4, 0.5) is 0 Å². The SMILES string of the molecule is COc1ccc(COC(=O)c2ccc(OC(=O)c3ccc(OC)cc3)cc2)cc1. The minimum Gasteiger partial charge on any atom is -0.497 e. The molecule has 0 amide bonds. The highest BCUT2D eigenvalue weighted by atomic mass is 16.5. The molecular weight excluding hydrogens is 372 g/mol. The van der Waals surface area contributed by atoms with E-state index in [0.29, 0.717) is 22.6 Å². The molecule has 0 bridgehead atoms. The van der Waals surface area contributed by atoms with E-state index in [9.17, 15) is 9.59 Å². The summed E-state index contributed by atoms with van der Waals surface area (Å²) >= 11 is 0. The molecule has 3 rings (SSSR count). The number of esters is 2. The fraction of sp³-hybridized carbons (Fsp3) is 0.130. The van der Waals surface area contributed by atoms with Gasteiger partial charge in [0.05, 0.1) is 25.3 Å². The molecule has 0 saturated carbocycles. The van der Waals surface area contributed by atoms with E-state index >= 15 is 0 Å². The van der Waals surface area contributed by atoms with Gasteiger partial charge in [0.1, 0.15) is 23.9 Å². The molecule has 0 aliphatic rings. The quantitative estimate of drug-likeness (QED) is 0.441. The van der Waals surface area contributed by atoms with E-state index in [1.165, 1.54) is 0 Å². The number of benzene rings is 3. The van der Waals surface area contributed by atoms with Gasteiger partial charge in [0.15, 0.2) is 0 Å². The maximum atomic E-state index is 12.2. The van der Waals surface area contributed by atoms with E-state index in [-0.39, 0.29) is 6.61 Å². The Balaban J connectivity index is 1.55. The number of methoxy groups -OCH3 is 2. The molecule has 3 aromatic rings. The van der Waals surface area contributed by atoms with Crippen molar-refractivity contribution < 1.29 is 28.5 Å². The van der Waals surface area contributed by atoms with Gasteiger partial charge < -0.3 is 18.9 Å². The van der Waals surface area contributed by atoms with Crippen LogP contribution in [0.3, 0.4) is 0 Å². The van der Waals surface area contributed by atoms with Crippen molar-refractivity contribution in [3.05, 3.63) is 89.5 Å². The van der Waals surface area contributed by atoms with Gasteiger partial charge in [0, 0.05) is 0 Å². The molecular formula is C23H20O6. The number of hydrogen-bond donors (Lipinski definition) is 0. The zero-order valence-corrected chi connectivity index (χ0v) is 16.1. The molecule has 0 atom stereocenters. The highest BCUT2D eigenvalue weighted by Gasteiger charge is 2.11. The smallest absolute Gasteiger partial charge is 0.343 e. The highest BCUT2D eigenvalue weighted by molar-refractivity contribution is 5.92. The van der Waals surface area contributed by atoms with Crippen molar-refractivity contribution in [1.29, 1.82) is 0 Å². The fourth-order valence-corrected chi connectivity index (χ4v) is 2.51. The van der Waals surface area contributed by atoms with E-state index in [0.717, 1.165) is 11.3 Å². The molecule has 0 unspecified atom stereocenters. The lowest BCUT2D eigenvalue weighted by Crippen LogP contribution is -2.09. The first-order valence-corrected chi connectivity index (χ1v) is 8.85. The van der Waals surface area contributed by atoms with Crippen LogP contribution < -0.4 is 14.2 Å². The number of carbonyl (C=O) groups is 2. The molecule has 0 aliphatic carbocycles. The van der Waals surface area contributed by atoms with Crippen LogP contribution in [0.1, 0.15) is 26.3 Å². The van der Waals surface area contributed by atoms with Gasteiger partial charge in [-0.2, -0.15) is 0 Å². The molecule has 0 N–H and O–H groups in total. The van der Waals surface area contributed by atoms with Crippen LogP contribution in [-0.2, 0) is 11.3 Å². The Hall–Kier alpha value is -3.80. The molecule has 6 nitrogen and oxygen atoms in total.